The van der Waals surface area contributed by atoms with Crippen LogP contribution in [0, 0.1) is 17.0 Å². The lowest BCUT2D eigenvalue weighted by Crippen LogP contribution is -2.44. The summed E-state index contributed by atoms with van der Waals surface area (Å²) in [6.45, 7) is 0.0259. The van der Waals surface area contributed by atoms with Gasteiger partial charge in [-0.25, -0.2) is 8.78 Å². The summed E-state index contributed by atoms with van der Waals surface area (Å²) in [5.41, 5.74) is -0.973. The van der Waals surface area contributed by atoms with E-state index in [1.165, 1.54) is 0 Å². The number of aliphatic carboxylic acids is 1. The molecule has 22 heavy (non-hydrogen) atoms. The maximum atomic E-state index is 13.5. The van der Waals surface area contributed by atoms with Gasteiger partial charge in [0.1, 0.15) is 11.6 Å². The van der Waals surface area contributed by atoms with Gasteiger partial charge in [-0.15, -0.1) is 0 Å². The van der Waals surface area contributed by atoms with E-state index in [0.717, 1.165) is 37.5 Å². The highest BCUT2D eigenvalue weighted by Crippen LogP contribution is 2.36. The first-order valence-electron chi connectivity index (χ1n) is 7.37. The van der Waals surface area contributed by atoms with Crippen LogP contribution in [0.3, 0.4) is 0 Å². The molecular formula is C16H19F2NO3. The van der Waals surface area contributed by atoms with Crippen LogP contribution in [0.2, 0.25) is 0 Å². The van der Waals surface area contributed by atoms with Crippen LogP contribution in [-0.4, -0.2) is 23.5 Å². The molecule has 0 bridgehead atoms. The smallest absolute Gasteiger partial charge is 0.311 e. The molecule has 0 unspecified atom stereocenters. The summed E-state index contributed by atoms with van der Waals surface area (Å²) in [6, 6.07) is 2.93. The number of hydrogen-bond donors (Lipinski definition) is 2. The molecule has 1 fully saturated rings. The molecule has 4 nitrogen and oxygen atoms in total. The molecule has 2 N–H and O–H groups in total. The van der Waals surface area contributed by atoms with Crippen LogP contribution in [0.25, 0.3) is 0 Å². The predicted molar refractivity (Wildman–Crippen MR) is 76.2 cm³/mol. The maximum absolute atomic E-state index is 13.5. The number of carbonyl (C=O) groups excluding carboxylic acids is 1. The van der Waals surface area contributed by atoms with E-state index >= 15 is 0 Å². The van der Waals surface area contributed by atoms with E-state index in [-0.39, 0.29) is 18.5 Å². The van der Waals surface area contributed by atoms with Crippen molar-refractivity contribution in [2.24, 2.45) is 5.41 Å². The van der Waals surface area contributed by atoms with Gasteiger partial charge in [-0.05, 0) is 31.0 Å². The minimum atomic E-state index is -0.936. The SMILES string of the molecule is O=C(Cc1cc(F)ccc1F)NCC1(C(=O)O)CCCCC1. The normalized spacial score (nSPS) is 17.0. The van der Waals surface area contributed by atoms with Crippen molar-refractivity contribution < 1.29 is 23.5 Å². The number of carbonyl (C=O) groups is 2. The first kappa shape index (κ1) is 16.4. The fraction of sp³-hybridized carbons (Fsp3) is 0.500. The zero-order chi connectivity index (χ0) is 16.2. The van der Waals surface area contributed by atoms with Crippen LogP contribution in [0.4, 0.5) is 8.78 Å². The summed E-state index contributed by atoms with van der Waals surface area (Å²) in [5, 5.41) is 12.0. The molecule has 0 spiro atoms. The van der Waals surface area contributed by atoms with E-state index in [1.807, 2.05) is 0 Å². The standard InChI is InChI=1S/C16H19F2NO3/c17-12-4-5-13(18)11(8-12)9-14(20)19-10-16(15(21)22)6-2-1-3-7-16/h4-5,8H,1-3,6-7,9-10H2,(H,19,20)(H,21,22). The molecule has 0 heterocycles. The van der Waals surface area contributed by atoms with Crippen molar-refractivity contribution in [3.63, 3.8) is 0 Å². The largest absolute Gasteiger partial charge is 0.481 e. The van der Waals surface area contributed by atoms with Crippen molar-refractivity contribution in [2.75, 3.05) is 6.54 Å². The maximum Gasteiger partial charge on any atom is 0.311 e. The molecule has 1 aromatic carbocycles. The van der Waals surface area contributed by atoms with Crippen molar-refractivity contribution in [2.45, 2.75) is 38.5 Å². The number of benzene rings is 1. The van der Waals surface area contributed by atoms with Crippen molar-refractivity contribution in [1.82, 2.24) is 5.32 Å². The second kappa shape index (κ2) is 6.85. The molecule has 0 aliphatic heterocycles. The van der Waals surface area contributed by atoms with Crippen molar-refractivity contribution in [3.05, 3.63) is 35.4 Å². The van der Waals surface area contributed by atoms with Crippen molar-refractivity contribution in [1.29, 1.82) is 0 Å². The molecule has 0 aromatic heterocycles. The van der Waals surface area contributed by atoms with E-state index < -0.39 is 28.9 Å². The number of halogens is 2. The number of nitrogens with one attached hydrogen (secondary N) is 1. The Morgan fingerprint density at radius 3 is 2.50 bits per heavy atom. The summed E-state index contributed by atoms with van der Waals surface area (Å²) in [4.78, 5) is 23.4. The highest BCUT2D eigenvalue weighted by atomic mass is 19.1. The monoisotopic (exact) mass is 311 g/mol. The number of rotatable bonds is 5. The minimum absolute atomic E-state index is 0.0259. The van der Waals surface area contributed by atoms with Crippen molar-refractivity contribution >= 4 is 11.9 Å². The molecule has 1 aliphatic rings. The molecule has 6 heteroatoms. The Balaban J connectivity index is 1.96. The number of carboxylic acid groups (broad SMARTS) is 1. The van der Waals surface area contributed by atoms with Gasteiger partial charge in [0, 0.05) is 12.1 Å². The third-order valence-corrected chi connectivity index (χ3v) is 4.25. The van der Waals surface area contributed by atoms with Crippen LogP contribution < -0.4 is 5.32 Å². The zero-order valence-electron chi connectivity index (χ0n) is 12.2. The van der Waals surface area contributed by atoms with Gasteiger partial charge in [-0.3, -0.25) is 9.59 Å². The Labute approximate surface area is 127 Å². The van der Waals surface area contributed by atoms with Crippen LogP contribution in [0.15, 0.2) is 18.2 Å². The van der Waals surface area contributed by atoms with Crippen LogP contribution in [0.1, 0.15) is 37.7 Å². The third kappa shape index (κ3) is 3.81. The van der Waals surface area contributed by atoms with Gasteiger partial charge in [-0.2, -0.15) is 0 Å². The average Bonchev–Trinajstić information content (AvgIpc) is 2.50. The third-order valence-electron chi connectivity index (χ3n) is 4.25. The predicted octanol–water partition coefficient (Wildman–Crippen LogP) is 2.66. The van der Waals surface area contributed by atoms with E-state index in [0.29, 0.717) is 12.8 Å². The number of amides is 1. The molecular weight excluding hydrogens is 292 g/mol. The zero-order valence-corrected chi connectivity index (χ0v) is 12.2. The van der Waals surface area contributed by atoms with Gasteiger partial charge >= 0.3 is 5.97 Å². The second-order valence-corrected chi connectivity index (χ2v) is 5.84. The second-order valence-electron chi connectivity index (χ2n) is 5.84. The van der Waals surface area contributed by atoms with Crippen LogP contribution >= 0.6 is 0 Å². The summed E-state index contributed by atoms with van der Waals surface area (Å²) in [6.07, 6.45) is 3.38. The van der Waals surface area contributed by atoms with Gasteiger partial charge in [0.05, 0.1) is 11.8 Å². The highest BCUT2D eigenvalue weighted by molar-refractivity contribution is 5.80. The fourth-order valence-electron chi connectivity index (χ4n) is 2.88. The Bertz CT molecular complexity index is 569. The molecule has 1 amide bonds. The first-order chi connectivity index (χ1) is 10.4. The molecule has 0 atom stereocenters. The summed E-state index contributed by atoms with van der Waals surface area (Å²) in [7, 11) is 0. The van der Waals surface area contributed by atoms with E-state index in [9.17, 15) is 23.5 Å². The van der Waals surface area contributed by atoms with Crippen LogP contribution in [0.5, 0.6) is 0 Å². The van der Waals surface area contributed by atoms with Gasteiger partial charge in [0.15, 0.2) is 0 Å². The fourth-order valence-corrected chi connectivity index (χ4v) is 2.88. The molecule has 0 radical (unpaired) electrons. The Morgan fingerprint density at radius 2 is 1.86 bits per heavy atom. The number of hydrogen-bond acceptors (Lipinski definition) is 2. The van der Waals surface area contributed by atoms with Crippen LogP contribution in [-0.2, 0) is 16.0 Å². The molecule has 0 saturated heterocycles. The lowest BCUT2D eigenvalue weighted by Gasteiger charge is -2.33. The lowest BCUT2D eigenvalue weighted by molar-refractivity contribution is -0.151. The highest BCUT2D eigenvalue weighted by Gasteiger charge is 2.39. The van der Waals surface area contributed by atoms with Gasteiger partial charge < -0.3 is 10.4 Å². The Kier molecular flexibility index (Phi) is 5.11. The topological polar surface area (TPSA) is 66.4 Å². The van der Waals surface area contributed by atoms with E-state index in [4.69, 9.17) is 0 Å². The number of carboxylic acids is 1. The average molecular weight is 311 g/mol. The van der Waals surface area contributed by atoms with Crippen molar-refractivity contribution in [3.8, 4) is 0 Å². The molecule has 1 aromatic rings. The molecule has 1 aliphatic carbocycles. The first-order valence-corrected chi connectivity index (χ1v) is 7.37. The minimum Gasteiger partial charge on any atom is -0.481 e. The van der Waals surface area contributed by atoms with E-state index in [1.54, 1.807) is 0 Å². The lowest BCUT2D eigenvalue weighted by atomic mass is 9.74. The summed E-state index contributed by atoms with van der Waals surface area (Å²) >= 11 is 0. The van der Waals surface area contributed by atoms with Gasteiger partial charge in [-0.1, -0.05) is 19.3 Å². The molecule has 1 saturated carbocycles. The van der Waals surface area contributed by atoms with E-state index in [2.05, 4.69) is 5.32 Å². The van der Waals surface area contributed by atoms with Gasteiger partial charge in [0.25, 0.3) is 0 Å². The van der Waals surface area contributed by atoms with Gasteiger partial charge in [0.2, 0.25) is 5.91 Å². The molecule has 120 valence electrons. The Hall–Kier alpha value is -1.98. The molecule has 2 rings (SSSR count). The Morgan fingerprint density at radius 1 is 1.18 bits per heavy atom. The quantitative estimate of drug-likeness (QED) is 0.878. The summed E-state index contributed by atoms with van der Waals surface area (Å²) < 4.78 is 26.6. The summed E-state index contributed by atoms with van der Waals surface area (Å²) in [5.74, 6) is -2.68.